The van der Waals surface area contributed by atoms with Gasteiger partial charge in [0.25, 0.3) is 0 Å². The van der Waals surface area contributed by atoms with E-state index in [1.165, 1.54) is 5.56 Å². The Hall–Kier alpha value is -2.17. The second-order valence-corrected chi connectivity index (χ2v) is 7.23. The zero-order valence-electron chi connectivity index (χ0n) is 15.1. The molecule has 4 nitrogen and oxygen atoms in total. The second kappa shape index (κ2) is 8.02. The van der Waals surface area contributed by atoms with E-state index in [-0.39, 0.29) is 12.1 Å². The topological polar surface area (TPSA) is 32.8 Å². The number of ether oxygens (including phenoxy) is 1. The van der Waals surface area contributed by atoms with E-state index in [0.29, 0.717) is 0 Å². The van der Waals surface area contributed by atoms with Crippen molar-refractivity contribution >= 4 is 5.97 Å². The van der Waals surface area contributed by atoms with Crippen LogP contribution in [0.4, 0.5) is 0 Å². The molecule has 2 heterocycles. The second-order valence-electron chi connectivity index (χ2n) is 7.23. The molecule has 4 heteroatoms. The Bertz CT molecular complexity index is 739. The first-order chi connectivity index (χ1) is 12.8. The Morgan fingerprint density at radius 2 is 1.58 bits per heavy atom. The molecule has 4 rings (SSSR count). The van der Waals surface area contributed by atoms with Crippen molar-refractivity contribution in [3.63, 3.8) is 0 Å². The van der Waals surface area contributed by atoms with Crippen molar-refractivity contribution < 1.29 is 9.53 Å². The molecule has 2 aliphatic heterocycles. The van der Waals surface area contributed by atoms with Crippen LogP contribution < -0.4 is 0 Å². The monoisotopic (exact) mass is 350 g/mol. The third kappa shape index (κ3) is 3.97. The Morgan fingerprint density at radius 3 is 2.38 bits per heavy atom. The molecule has 2 aromatic carbocycles. The highest BCUT2D eigenvalue weighted by Gasteiger charge is 2.30. The molecule has 136 valence electrons. The molecule has 1 fully saturated rings. The summed E-state index contributed by atoms with van der Waals surface area (Å²) in [5, 5.41) is 0. The van der Waals surface area contributed by atoms with Gasteiger partial charge in [0.2, 0.25) is 0 Å². The number of fused-ring (bicyclic) bond motifs is 1. The third-order valence-corrected chi connectivity index (χ3v) is 5.43. The smallest absolute Gasteiger partial charge is 0.339 e. The number of carbonyl (C=O) groups excluding carboxylic acids is 1. The van der Waals surface area contributed by atoms with Gasteiger partial charge in [0.15, 0.2) is 0 Å². The number of cyclic esters (lactones) is 1. The molecule has 0 radical (unpaired) electrons. The van der Waals surface area contributed by atoms with Crippen LogP contribution in [0, 0.1) is 0 Å². The van der Waals surface area contributed by atoms with E-state index in [4.69, 9.17) is 4.74 Å². The highest BCUT2D eigenvalue weighted by Crippen LogP contribution is 2.33. The van der Waals surface area contributed by atoms with E-state index in [2.05, 4.69) is 40.1 Å². The van der Waals surface area contributed by atoms with Crippen LogP contribution >= 0.6 is 0 Å². The minimum Gasteiger partial charge on any atom is -0.454 e. The first-order valence-electron chi connectivity index (χ1n) is 9.58. The molecule has 0 spiro atoms. The van der Waals surface area contributed by atoms with Gasteiger partial charge in [-0.25, -0.2) is 4.79 Å². The number of benzene rings is 2. The Morgan fingerprint density at radius 1 is 0.885 bits per heavy atom. The van der Waals surface area contributed by atoms with Crippen molar-refractivity contribution in [1.29, 1.82) is 0 Å². The first-order valence-corrected chi connectivity index (χ1v) is 9.58. The van der Waals surface area contributed by atoms with Gasteiger partial charge in [-0.2, -0.15) is 0 Å². The Balaban J connectivity index is 1.20. The summed E-state index contributed by atoms with van der Waals surface area (Å²) in [5.41, 5.74) is 3.19. The summed E-state index contributed by atoms with van der Waals surface area (Å²) in [6.07, 6.45) is 1.91. The normalized spacial score (nSPS) is 20.8. The van der Waals surface area contributed by atoms with Crippen molar-refractivity contribution in [2.45, 2.75) is 25.5 Å². The molecular weight excluding hydrogens is 324 g/mol. The highest BCUT2D eigenvalue weighted by atomic mass is 16.5. The molecule has 26 heavy (non-hydrogen) atoms. The molecular formula is C22H26N2O2. The molecule has 2 aliphatic rings. The van der Waals surface area contributed by atoms with Gasteiger partial charge in [-0.05, 0) is 31.0 Å². The van der Waals surface area contributed by atoms with Crippen molar-refractivity contribution in [2.24, 2.45) is 0 Å². The quantitative estimate of drug-likeness (QED) is 0.747. The molecule has 1 saturated heterocycles. The standard InChI is InChI=1S/C22H26N2O2/c25-22-20-10-5-4-9-19(20)21(26-22)11-6-12-23-13-15-24(16-14-23)17-18-7-2-1-3-8-18/h1-5,7-10,21H,6,11-17H2. The molecule has 0 aliphatic carbocycles. The van der Waals surface area contributed by atoms with Gasteiger partial charge in [-0.1, -0.05) is 48.5 Å². The van der Waals surface area contributed by atoms with Crippen LogP contribution in [0.15, 0.2) is 54.6 Å². The third-order valence-electron chi connectivity index (χ3n) is 5.43. The van der Waals surface area contributed by atoms with Crippen LogP contribution in [0.2, 0.25) is 0 Å². The van der Waals surface area contributed by atoms with Crippen molar-refractivity contribution in [2.75, 3.05) is 32.7 Å². The van der Waals surface area contributed by atoms with Gasteiger partial charge in [0.05, 0.1) is 5.56 Å². The fraction of sp³-hybridized carbons (Fsp3) is 0.409. The summed E-state index contributed by atoms with van der Waals surface area (Å²) < 4.78 is 5.54. The van der Waals surface area contributed by atoms with E-state index in [9.17, 15) is 4.79 Å². The molecule has 0 saturated carbocycles. The molecule has 0 bridgehead atoms. The maximum atomic E-state index is 11.9. The van der Waals surface area contributed by atoms with Gasteiger partial charge >= 0.3 is 5.97 Å². The number of esters is 1. The van der Waals surface area contributed by atoms with Crippen LogP contribution in [0.5, 0.6) is 0 Å². The lowest BCUT2D eigenvalue weighted by Crippen LogP contribution is -2.46. The van der Waals surface area contributed by atoms with Crippen molar-refractivity contribution in [3.05, 3.63) is 71.3 Å². The van der Waals surface area contributed by atoms with E-state index in [0.717, 1.165) is 63.2 Å². The molecule has 1 unspecified atom stereocenters. The zero-order valence-corrected chi connectivity index (χ0v) is 15.1. The summed E-state index contributed by atoms with van der Waals surface area (Å²) in [6, 6.07) is 18.5. The summed E-state index contributed by atoms with van der Waals surface area (Å²) in [4.78, 5) is 16.9. The fourth-order valence-electron chi connectivity index (χ4n) is 3.95. The molecule has 2 aromatic rings. The number of rotatable bonds is 6. The average molecular weight is 350 g/mol. The summed E-state index contributed by atoms with van der Waals surface area (Å²) >= 11 is 0. The van der Waals surface area contributed by atoms with Gasteiger partial charge in [-0.15, -0.1) is 0 Å². The van der Waals surface area contributed by atoms with Crippen LogP contribution in [-0.4, -0.2) is 48.5 Å². The van der Waals surface area contributed by atoms with E-state index < -0.39 is 0 Å². The van der Waals surface area contributed by atoms with E-state index >= 15 is 0 Å². The number of hydrogen-bond donors (Lipinski definition) is 0. The van der Waals surface area contributed by atoms with Crippen LogP contribution in [0.25, 0.3) is 0 Å². The Labute approximate surface area is 155 Å². The SMILES string of the molecule is O=C1OC(CCCN2CCN(Cc3ccccc3)CC2)c2ccccc21. The fourth-order valence-corrected chi connectivity index (χ4v) is 3.95. The number of piperazine rings is 1. The minimum absolute atomic E-state index is 0.0573. The first kappa shape index (κ1) is 17.3. The number of nitrogens with zero attached hydrogens (tertiary/aromatic N) is 2. The van der Waals surface area contributed by atoms with Crippen LogP contribution in [0.1, 0.15) is 40.4 Å². The van der Waals surface area contributed by atoms with Gasteiger partial charge in [-0.3, -0.25) is 4.90 Å². The summed E-state index contributed by atoms with van der Waals surface area (Å²) in [5.74, 6) is -0.167. The van der Waals surface area contributed by atoms with E-state index in [1.807, 2.05) is 24.3 Å². The maximum Gasteiger partial charge on any atom is 0.339 e. The minimum atomic E-state index is -0.167. The predicted molar refractivity (Wildman–Crippen MR) is 102 cm³/mol. The van der Waals surface area contributed by atoms with Gasteiger partial charge in [0, 0.05) is 38.3 Å². The number of hydrogen-bond acceptors (Lipinski definition) is 4. The van der Waals surface area contributed by atoms with Gasteiger partial charge < -0.3 is 9.64 Å². The maximum absolute atomic E-state index is 11.9. The lowest BCUT2D eigenvalue weighted by atomic mass is 10.0. The summed E-state index contributed by atoms with van der Waals surface area (Å²) in [6.45, 7) is 6.60. The average Bonchev–Trinajstić information content (AvgIpc) is 3.00. The predicted octanol–water partition coefficient (Wildman–Crippen LogP) is 3.50. The number of carbonyl (C=O) groups is 1. The Kier molecular flexibility index (Phi) is 5.32. The lowest BCUT2D eigenvalue weighted by Gasteiger charge is -2.34. The lowest BCUT2D eigenvalue weighted by molar-refractivity contribution is 0.0353. The largest absolute Gasteiger partial charge is 0.454 e. The zero-order chi connectivity index (χ0) is 17.8. The van der Waals surface area contributed by atoms with Crippen LogP contribution in [-0.2, 0) is 11.3 Å². The van der Waals surface area contributed by atoms with Gasteiger partial charge in [0.1, 0.15) is 6.10 Å². The summed E-state index contributed by atoms with van der Waals surface area (Å²) in [7, 11) is 0. The van der Waals surface area contributed by atoms with Crippen molar-refractivity contribution in [1.82, 2.24) is 9.80 Å². The highest BCUT2D eigenvalue weighted by molar-refractivity contribution is 5.93. The van der Waals surface area contributed by atoms with Crippen LogP contribution in [0.3, 0.4) is 0 Å². The molecule has 0 aromatic heterocycles. The molecule has 1 atom stereocenters. The van der Waals surface area contributed by atoms with Crippen molar-refractivity contribution in [3.8, 4) is 0 Å². The molecule has 0 N–H and O–H groups in total. The molecule has 0 amide bonds. The van der Waals surface area contributed by atoms with E-state index in [1.54, 1.807) is 0 Å².